The first-order valence-corrected chi connectivity index (χ1v) is 3.84. The van der Waals surface area contributed by atoms with Crippen molar-refractivity contribution in [3.05, 3.63) is 0 Å². The molecule has 4 heteroatoms. The van der Waals surface area contributed by atoms with Crippen molar-refractivity contribution in [2.24, 2.45) is 0 Å². The molecule has 2 fully saturated rings. The molecule has 2 heterocycles. The zero-order valence-corrected chi connectivity index (χ0v) is 5.43. The number of carboxylic acid groups (broad SMARTS) is 1. The fourth-order valence-corrected chi connectivity index (χ4v) is 1.55. The number of aliphatic carboxylic acids is 1. The largest absolute Gasteiger partial charge is 0.479 e. The van der Waals surface area contributed by atoms with Crippen LogP contribution in [-0.4, -0.2) is 34.3 Å². The summed E-state index contributed by atoms with van der Waals surface area (Å²) in [5, 5.41) is 8.86. The lowest BCUT2D eigenvalue weighted by molar-refractivity contribution is -0.138. The van der Waals surface area contributed by atoms with Crippen molar-refractivity contribution in [1.82, 2.24) is 0 Å². The molecule has 9 heavy (non-hydrogen) atoms. The first kappa shape index (κ1) is 5.56. The standard InChI is InChI=1S/C5H6O3S/c6-5(7)4-3(8-4)2-1-9-2/h2-4H,1H2,(H,6,7). The lowest BCUT2D eigenvalue weighted by Crippen LogP contribution is -2.10. The Morgan fingerprint density at radius 2 is 2.44 bits per heavy atom. The van der Waals surface area contributed by atoms with Crippen molar-refractivity contribution in [2.75, 3.05) is 5.75 Å². The smallest absolute Gasteiger partial charge is 0.335 e. The molecule has 2 aliphatic heterocycles. The van der Waals surface area contributed by atoms with Crippen LogP contribution in [0.2, 0.25) is 0 Å². The number of hydrogen-bond donors (Lipinski definition) is 1. The summed E-state index contributed by atoms with van der Waals surface area (Å²) in [6.07, 6.45) is -0.447. The molecule has 0 spiro atoms. The number of thioether (sulfide) groups is 1. The summed E-state index contributed by atoms with van der Waals surface area (Å²) in [7, 11) is 0. The predicted octanol–water partition coefficient (Wildman–Crippen LogP) is -0.0462. The number of carboxylic acids is 1. The van der Waals surface area contributed by atoms with Crippen LogP contribution in [0.4, 0.5) is 0 Å². The summed E-state index contributed by atoms with van der Waals surface area (Å²) in [5.74, 6) is 0.265. The maximum atomic E-state index is 10.2. The van der Waals surface area contributed by atoms with Crippen molar-refractivity contribution in [3.63, 3.8) is 0 Å². The highest BCUT2D eigenvalue weighted by Gasteiger charge is 2.54. The predicted molar refractivity (Wildman–Crippen MR) is 32.5 cm³/mol. The van der Waals surface area contributed by atoms with Crippen LogP contribution >= 0.6 is 11.8 Å². The number of epoxide rings is 1. The molecule has 2 saturated heterocycles. The van der Waals surface area contributed by atoms with E-state index in [4.69, 9.17) is 9.84 Å². The highest BCUT2D eigenvalue weighted by molar-refractivity contribution is 8.07. The summed E-state index contributed by atoms with van der Waals surface area (Å²) < 4.78 is 4.88. The Morgan fingerprint density at radius 1 is 1.78 bits per heavy atom. The molecule has 0 saturated carbocycles. The summed E-state index contributed by atoms with van der Waals surface area (Å²) in [5.41, 5.74) is 0. The Balaban J connectivity index is 1.87. The topological polar surface area (TPSA) is 49.8 Å². The van der Waals surface area contributed by atoms with Crippen molar-refractivity contribution >= 4 is 17.7 Å². The van der Waals surface area contributed by atoms with Gasteiger partial charge in [-0.15, -0.1) is 0 Å². The third-order valence-corrected chi connectivity index (χ3v) is 2.48. The summed E-state index contributed by atoms with van der Waals surface area (Å²) in [6, 6.07) is 0. The fraction of sp³-hybridized carbons (Fsp3) is 0.800. The highest BCUT2D eigenvalue weighted by Crippen LogP contribution is 2.43. The van der Waals surface area contributed by atoms with Crippen LogP contribution in [0, 0.1) is 0 Å². The number of hydrogen-bond acceptors (Lipinski definition) is 3. The average Bonchev–Trinajstić information content (AvgIpc) is 2.60. The highest BCUT2D eigenvalue weighted by atomic mass is 32.2. The Morgan fingerprint density at radius 3 is 2.78 bits per heavy atom. The van der Waals surface area contributed by atoms with E-state index in [0.29, 0.717) is 5.25 Å². The quantitative estimate of drug-likeness (QED) is 0.555. The zero-order valence-electron chi connectivity index (χ0n) is 4.61. The Bertz CT molecular complexity index is 154. The SMILES string of the molecule is O=C(O)C1OC1C1CS1. The molecule has 3 atom stereocenters. The van der Waals surface area contributed by atoms with E-state index in [1.807, 2.05) is 0 Å². The minimum atomic E-state index is -0.812. The van der Waals surface area contributed by atoms with Crippen molar-refractivity contribution in [2.45, 2.75) is 17.5 Å². The maximum Gasteiger partial charge on any atom is 0.335 e. The van der Waals surface area contributed by atoms with Gasteiger partial charge in [-0.1, -0.05) is 0 Å². The molecule has 0 amide bonds. The van der Waals surface area contributed by atoms with E-state index in [0.717, 1.165) is 5.75 Å². The minimum Gasteiger partial charge on any atom is -0.479 e. The third-order valence-electron chi connectivity index (χ3n) is 1.49. The third kappa shape index (κ3) is 0.923. The van der Waals surface area contributed by atoms with Gasteiger partial charge in [0.05, 0.1) is 0 Å². The lowest BCUT2D eigenvalue weighted by Gasteiger charge is -1.79. The summed E-state index contributed by atoms with van der Waals surface area (Å²) in [4.78, 5) is 10.2. The monoisotopic (exact) mass is 146 g/mol. The molecule has 3 unspecified atom stereocenters. The molecule has 2 aliphatic rings. The van der Waals surface area contributed by atoms with Gasteiger partial charge in [0.1, 0.15) is 6.10 Å². The van der Waals surface area contributed by atoms with Crippen LogP contribution in [0.15, 0.2) is 0 Å². The van der Waals surface area contributed by atoms with Crippen LogP contribution < -0.4 is 0 Å². The molecule has 0 aromatic heterocycles. The van der Waals surface area contributed by atoms with Crippen molar-refractivity contribution in [3.8, 4) is 0 Å². The van der Waals surface area contributed by atoms with Gasteiger partial charge < -0.3 is 9.84 Å². The second-order valence-electron chi connectivity index (χ2n) is 2.23. The van der Waals surface area contributed by atoms with Crippen LogP contribution in [0.25, 0.3) is 0 Å². The minimum absolute atomic E-state index is 0.0347. The molecular formula is C5H6O3S. The van der Waals surface area contributed by atoms with Gasteiger partial charge in [-0.3, -0.25) is 0 Å². The van der Waals surface area contributed by atoms with E-state index >= 15 is 0 Å². The van der Waals surface area contributed by atoms with E-state index in [2.05, 4.69) is 0 Å². The maximum absolute atomic E-state index is 10.2. The molecule has 1 N–H and O–H groups in total. The summed E-state index contributed by atoms with van der Waals surface area (Å²) in [6.45, 7) is 0. The van der Waals surface area contributed by atoms with Crippen LogP contribution in [0.3, 0.4) is 0 Å². The molecule has 0 bridgehead atoms. The van der Waals surface area contributed by atoms with Gasteiger partial charge >= 0.3 is 5.97 Å². The second kappa shape index (κ2) is 1.64. The molecular weight excluding hydrogens is 140 g/mol. The van der Waals surface area contributed by atoms with Gasteiger partial charge in [0.15, 0.2) is 6.10 Å². The van der Waals surface area contributed by atoms with Gasteiger partial charge in [-0.05, 0) is 0 Å². The Labute approximate surface area is 56.4 Å². The van der Waals surface area contributed by atoms with Gasteiger partial charge in [0.2, 0.25) is 0 Å². The molecule has 0 radical (unpaired) electrons. The molecule has 0 aromatic carbocycles. The summed E-state index contributed by atoms with van der Waals surface area (Å²) >= 11 is 1.77. The number of ether oxygens (including phenoxy) is 1. The Hall–Kier alpha value is -0.220. The molecule has 3 nitrogen and oxygen atoms in total. The van der Waals surface area contributed by atoms with Gasteiger partial charge in [0.25, 0.3) is 0 Å². The lowest BCUT2D eigenvalue weighted by atomic mass is 10.3. The van der Waals surface area contributed by atoms with Crippen molar-refractivity contribution < 1.29 is 14.6 Å². The fourth-order valence-electron chi connectivity index (χ4n) is 0.850. The van der Waals surface area contributed by atoms with Crippen molar-refractivity contribution in [1.29, 1.82) is 0 Å². The van der Waals surface area contributed by atoms with Gasteiger partial charge in [-0.2, -0.15) is 11.8 Å². The van der Waals surface area contributed by atoms with E-state index < -0.39 is 12.1 Å². The molecule has 0 aromatic rings. The zero-order chi connectivity index (χ0) is 6.43. The van der Waals surface area contributed by atoms with E-state index in [1.54, 1.807) is 11.8 Å². The van der Waals surface area contributed by atoms with E-state index in [9.17, 15) is 4.79 Å². The molecule has 2 rings (SSSR count). The van der Waals surface area contributed by atoms with Gasteiger partial charge in [0, 0.05) is 11.0 Å². The first-order chi connectivity index (χ1) is 4.29. The molecule has 50 valence electrons. The molecule has 0 aliphatic carbocycles. The first-order valence-electron chi connectivity index (χ1n) is 2.79. The van der Waals surface area contributed by atoms with Crippen LogP contribution in [0.5, 0.6) is 0 Å². The normalized spacial score (nSPS) is 46.4. The van der Waals surface area contributed by atoms with Crippen LogP contribution in [0.1, 0.15) is 0 Å². The average molecular weight is 146 g/mol. The van der Waals surface area contributed by atoms with Gasteiger partial charge in [-0.25, -0.2) is 4.79 Å². The van der Waals surface area contributed by atoms with Crippen LogP contribution in [-0.2, 0) is 9.53 Å². The van der Waals surface area contributed by atoms with E-state index in [-0.39, 0.29) is 6.10 Å². The van der Waals surface area contributed by atoms with E-state index in [1.165, 1.54) is 0 Å². The number of carbonyl (C=O) groups is 1. The second-order valence-corrected chi connectivity index (χ2v) is 3.50. The number of rotatable bonds is 2. The Kier molecular flexibility index (Phi) is 1.01.